The molecule has 92 valence electrons. The third kappa shape index (κ3) is 2.75. The number of amides is 1. The van der Waals surface area contributed by atoms with Crippen molar-refractivity contribution in [3.05, 3.63) is 29.6 Å². The van der Waals surface area contributed by atoms with E-state index < -0.39 is 0 Å². The van der Waals surface area contributed by atoms with Gasteiger partial charge in [0.1, 0.15) is 5.82 Å². The number of benzene rings is 1. The fourth-order valence-electron chi connectivity index (χ4n) is 2.05. The Bertz CT molecular complexity index is 414. The number of anilines is 1. The van der Waals surface area contributed by atoms with Gasteiger partial charge in [0.25, 0.3) is 0 Å². The van der Waals surface area contributed by atoms with Gasteiger partial charge in [-0.3, -0.25) is 4.79 Å². The fraction of sp³-hybridized carbons (Fsp3) is 0.462. The molecule has 1 fully saturated rings. The highest BCUT2D eigenvalue weighted by Crippen LogP contribution is 2.17. The van der Waals surface area contributed by atoms with E-state index in [1.54, 1.807) is 19.1 Å². The van der Waals surface area contributed by atoms with Crippen molar-refractivity contribution in [2.24, 2.45) is 0 Å². The van der Waals surface area contributed by atoms with Crippen LogP contribution in [-0.4, -0.2) is 30.4 Å². The number of nitrogens with zero attached hydrogens (tertiary/aromatic N) is 1. The molecule has 2 rings (SSSR count). The zero-order chi connectivity index (χ0) is 12.3. The van der Waals surface area contributed by atoms with Crippen molar-refractivity contribution in [2.45, 2.75) is 19.8 Å². The molecule has 0 atom stereocenters. The third-order valence-corrected chi connectivity index (χ3v) is 3.16. The zero-order valence-electron chi connectivity index (χ0n) is 10.0. The predicted octanol–water partition coefficient (Wildman–Crippen LogP) is 2.17. The summed E-state index contributed by atoms with van der Waals surface area (Å²) in [5.74, 6) is -0.158. The van der Waals surface area contributed by atoms with Crippen LogP contribution in [0.2, 0.25) is 0 Å². The smallest absolute Gasteiger partial charge is 0.241 e. The van der Waals surface area contributed by atoms with Crippen molar-refractivity contribution >= 4 is 11.6 Å². The van der Waals surface area contributed by atoms with Gasteiger partial charge < -0.3 is 10.2 Å². The van der Waals surface area contributed by atoms with Crippen LogP contribution in [0.1, 0.15) is 18.4 Å². The molecule has 0 bridgehead atoms. The van der Waals surface area contributed by atoms with E-state index in [1.807, 2.05) is 4.90 Å². The van der Waals surface area contributed by atoms with Gasteiger partial charge >= 0.3 is 0 Å². The van der Waals surface area contributed by atoms with E-state index in [-0.39, 0.29) is 18.3 Å². The lowest BCUT2D eigenvalue weighted by Crippen LogP contribution is -2.33. The minimum Gasteiger partial charge on any atom is -0.376 e. The molecule has 17 heavy (non-hydrogen) atoms. The molecule has 1 aromatic carbocycles. The quantitative estimate of drug-likeness (QED) is 0.872. The Morgan fingerprint density at radius 3 is 2.82 bits per heavy atom. The van der Waals surface area contributed by atoms with Crippen LogP contribution in [0.5, 0.6) is 0 Å². The number of carbonyl (C=O) groups is 1. The highest BCUT2D eigenvalue weighted by Gasteiger charge is 2.17. The minimum absolute atomic E-state index is 0.0890. The van der Waals surface area contributed by atoms with Crippen LogP contribution >= 0.6 is 0 Å². The molecule has 0 unspecified atom stereocenters. The van der Waals surface area contributed by atoms with Crippen LogP contribution in [0.15, 0.2) is 18.2 Å². The van der Waals surface area contributed by atoms with Gasteiger partial charge in [0, 0.05) is 24.3 Å². The number of hydrogen-bond acceptors (Lipinski definition) is 2. The molecule has 1 aliphatic heterocycles. The highest BCUT2D eigenvalue weighted by molar-refractivity contribution is 5.81. The number of nitrogens with one attached hydrogen (secondary N) is 1. The van der Waals surface area contributed by atoms with Gasteiger partial charge in [-0.05, 0) is 31.9 Å². The summed E-state index contributed by atoms with van der Waals surface area (Å²) in [5.41, 5.74) is 1.25. The van der Waals surface area contributed by atoms with Gasteiger partial charge in [0.05, 0.1) is 6.54 Å². The first-order valence-electron chi connectivity index (χ1n) is 5.95. The van der Waals surface area contributed by atoms with Crippen molar-refractivity contribution in [1.29, 1.82) is 0 Å². The molecule has 1 amide bonds. The monoisotopic (exact) mass is 236 g/mol. The summed E-state index contributed by atoms with van der Waals surface area (Å²) in [5, 5.41) is 3.00. The van der Waals surface area contributed by atoms with Gasteiger partial charge in [0.2, 0.25) is 5.91 Å². The minimum atomic E-state index is -0.247. The second-order valence-corrected chi connectivity index (χ2v) is 4.35. The average Bonchev–Trinajstić information content (AvgIpc) is 2.84. The summed E-state index contributed by atoms with van der Waals surface area (Å²) in [6.07, 6.45) is 2.18. The second kappa shape index (κ2) is 5.17. The summed E-state index contributed by atoms with van der Waals surface area (Å²) in [6.45, 7) is 3.65. The van der Waals surface area contributed by atoms with Gasteiger partial charge in [-0.1, -0.05) is 6.07 Å². The number of rotatable bonds is 3. The molecular formula is C13H17FN2O. The molecule has 1 saturated heterocycles. The average molecular weight is 236 g/mol. The number of hydrogen-bond donors (Lipinski definition) is 1. The first-order valence-corrected chi connectivity index (χ1v) is 5.95. The number of likely N-dealkylation sites (tertiary alicyclic amines) is 1. The highest BCUT2D eigenvalue weighted by atomic mass is 19.1. The molecule has 0 aromatic heterocycles. The van der Waals surface area contributed by atoms with Crippen LogP contribution in [0.4, 0.5) is 10.1 Å². The van der Waals surface area contributed by atoms with Crippen molar-refractivity contribution in [3.63, 3.8) is 0 Å². The lowest BCUT2D eigenvalue weighted by atomic mass is 10.2. The van der Waals surface area contributed by atoms with E-state index in [2.05, 4.69) is 5.32 Å². The largest absolute Gasteiger partial charge is 0.376 e. The summed E-state index contributed by atoms with van der Waals surface area (Å²) in [6, 6.07) is 4.85. The van der Waals surface area contributed by atoms with E-state index in [4.69, 9.17) is 0 Å². The van der Waals surface area contributed by atoms with E-state index >= 15 is 0 Å². The van der Waals surface area contributed by atoms with Crippen LogP contribution in [0.25, 0.3) is 0 Å². The molecular weight excluding hydrogens is 219 g/mol. The maximum Gasteiger partial charge on any atom is 0.241 e. The summed E-state index contributed by atoms with van der Waals surface area (Å²) in [4.78, 5) is 13.6. The van der Waals surface area contributed by atoms with E-state index in [0.717, 1.165) is 25.9 Å². The van der Waals surface area contributed by atoms with Gasteiger partial charge in [-0.25, -0.2) is 4.39 Å². The van der Waals surface area contributed by atoms with Crippen LogP contribution < -0.4 is 5.32 Å². The molecule has 3 nitrogen and oxygen atoms in total. The van der Waals surface area contributed by atoms with Crippen molar-refractivity contribution in [1.82, 2.24) is 4.90 Å². The molecule has 1 N–H and O–H groups in total. The Kier molecular flexibility index (Phi) is 3.61. The normalized spacial score (nSPS) is 15.1. The zero-order valence-corrected chi connectivity index (χ0v) is 10.0. The van der Waals surface area contributed by atoms with E-state index in [1.165, 1.54) is 6.07 Å². The maximum absolute atomic E-state index is 13.3. The fourth-order valence-corrected chi connectivity index (χ4v) is 2.05. The van der Waals surface area contributed by atoms with Crippen LogP contribution in [0, 0.1) is 12.7 Å². The standard InChI is InChI=1S/C13H17FN2O/c1-10-11(14)5-4-6-12(10)15-9-13(17)16-7-2-3-8-16/h4-6,15H,2-3,7-9H2,1H3. The SMILES string of the molecule is Cc1c(F)cccc1NCC(=O)N1CCCC1. The Morgan fingerprint density at radius 2 is 2.12 bits per heavy atom. The van der Waals surface area contributed by atoms with Crippen molar-refractivity contribution < 1.29 is 9.18 Å². The molecule has 1 aliphatic rings. The Balaban J connectivity index is 1.93. The second-order valence-electron chi connectivity index (χ2n) is 4.35. The van der Waals surface area contributed by atoms with Gasteiger partial charge in [-0.15, -0.1) is 0 Å². The Hall–Kier alpha value is -1.58. The Morgan fingerprint density at radius 1 is 1.41 bits per heavy atom. The van der Waals surface area contributed by atoms with E-state index in [0.29, 0.717) is 11.3 Å². The number of carbonyl (C=O) groups excluding carboxylic acids is 1. The molecule has 0 aliphatic carbocycles. The lowest BCUT2D eigenvalue weighted by molar-refractivity contribution is -0.128. The lowest BCUT2D eigenvalue weighted by Gasteiger charge is -2.16. The summed E-state index contributed by atoms with van der Waals surface area (Å²) in [7, 11) is 0. The predicted molar refractivity (Wildman–Crippen MR) is 65.4 cm³/mol. The van der Waals surface area contributed by atoms with Crippen LogP contribution in [0.3, 0.4) is 0 Å². The van der Waals surface area contributed by atoms with Crippen molar-refractivity contribution in [2.75, 3.05) is 25.0 Å². The van der Waals surface area contributed by atoms with Gasteiger partial charge in [-0.2, -0.15) is 0 Å². The molecule has 0 saturated carbocycles. The summed E-state index contributed by atoms with van der Waals surface area (Å²) < 4.78 is 13.3. The molecule has 1 heterocycles. The third-order valence-electron chi connectivity index (χ3n) is 3.16. The topological polar surface area (TPSA) is 32.3 Å². The number of halogens is 1. The van der Waals surface area contributed by atoms with Crippen molar-refractivity contribution in [3.8, 4) is 0 Å². The Labute approximate surface area is 101 Å². The molecule has 0 spiro atoms. The first-order chi connectivity index (χ1) is 8.18. The maximum atomic E-state index is 13.3. The van der Waals surface area contributed by atoms with Gasteiger partial charge in [0.15, 0.2) is 0 Å². The van der Waals surface area contributed by atoms with E-state index in [9.17, 15) is 9.18 Å². The first kappa shape index (κ1) is 11.9. The molecule has 4 heteroatoms. The molecule has 0 radical (unpaired) electrons. The summed E-state index contributed by atoms with van der Waals surface area (Å²) >= 11 is 0. The molecule has 1 aromatic rings. The van der Waals surface area contributed by atoms with Crippen LogP contribution in [-0.2, 0) is 4.79 Å².